The third-order valence-electron chi connectivity index (χ3n) is 4.64. The van der Waals surface area contributed by atoms with Gasteiger partial charge in [-0.25, -0.2) is 0 Å². The Hall–Kier alpha value is -2.92. The molecule has 140 valence electrons. The molecule has 3 rings (SSSR count). The van der Waals surface area contributed by atoms with Gasteiger partial charge in [-0.1, -0.05) is 30.3 Å². The zero-order chi connectivity index (χ0) is 19.4. The zero-order valence-corrected chi connectivity index (χ0v) is 16.0. The van der Waals surface area contributed by atoms with E-state index in [1.165, 1.54) is 5.01 Å². The van der Waals surface area contributed by atoms with Gasteiger partial charge in [-0.2, -0.15) is 10.1 Å². The first-order valence-electron chi connectivity index (χ1n) is 9.28. The highest BCUT2D eigenvalue weighted by Gasteiger charge is 2.33. The van der Waals surface area contributed by atoms with Crippen LogP contribution in [0, 0.1) is 0 Å². The monoisotopic (exact) mass is 363 g/mol. The number of anilines is 2. The van der Waals surface area contributed by atoms with Gasteiger partial charge in [-0.15, -0.1) is 0 Å². The fourth-order valence-electron chi connectivity index (χ4n) is 3.16. The second kappa shape index (κ2) is 8.18. The third-order valence-corrected chi connectivity index (χ3v) is 4.64. The number of aliphatic hydroxyl groups excluding tert-OH is 1. The van der Waals surface area contributed by atoms with E-state index in [1.807, 2.05) is 54.6 Å². The van der Waals surface area contributed by atoms with Gasteiger partial charge in [0.2, 0.25) is 0 Å². The van der Waals surface area contributed by atoms with Crippen LogP contribution in [0.4, 0.5) is 11.4 Å². The quantitative estimate of drug-likeness (QED) is 0.796. The molecule has 1 heterocycles. The Bertz CT molecular complexity index is 851. The van der Waals surface area contributed by atoms with Gasteiger partial charge in [-0.3, -0.25) is 4.79 Å². The van der Waals surface area contributed by atoms with Gasteiger partial charge in [0.15, 0.2) is 0 Å². The molecule has 0 radical (unpaired) electrons. The van der Waals surface area contributed by atoms with Crippen LogP contribution in [0.15, 0.2) is 65.3 Å². The van der Waals surface area contributed by atoms with E-state index < -0.39 is 6.10 Å². The minimum Gasteiger partial charge on any atom is -0.387 e. The lowest BCUT2D eigenvalue weighted by Gasteiger charge is -2.20. The number of benzene rings is 2. The van der Waals surface area contributed by atoms with Crippen molar-refractivity contribution in [2.45, 2.75) is 26.9 Å². The molecular formula is C22H25N3O2. The second-order valence-electron chi connectivity index (χ2n) is 6.44. The molecule has 1 N–H and O–H groups in total. The van der Waals surface area contributed by atoms with Crippen LogP contribution in [0.2, 0.25) is 0 Å². The SMILES string of the molecule is CCN(CC)c1ccc(/C=C2/C(=O)N(c3ccccc3)N=C2C(C)O)cc1. The first-order chi connectivity index (χ1) is 13.0. The van der Waals surface area contributed by atoms with Crippen molar-refractivity contribution < 1.29 is 9.90 Å². The molecule has 5 heteroatoms. The van der Waals surface area contributed by atoms with Crippen molar-refractivity contribution >= 4 is 29.1 Å². The minimum absolute atomic E-state index is 0.232. The van der Waals surface area contributed by atoms with Crippen LogP contribution >= 0.6 is 0 Å². The summed E-state index contributed by atoms with van der Waals surface area (Å²) in [5.74, 6) is -0.232. The Kier molecular flexibility index (Phi) is 5.72. The Balaban J connectivity index is 1.92. The first-order valence-corrected chi connectivity index (χ1v) is 9.28. The van der Waals surface area contributed by atoms with Crippen LogP contribution in [0.25, 0.3) is 6.08 Å². The number of amides is 1. The summed E-state index contributed by atoms with van der Waals surface area (Å²) in [5, 5.41) is 15.8. The molecule has 2 aromatic carbocycles. The molecule has 1 unspecified atom stereocenters. The fourth-order valence-corrected chi connectivity index (χ4v) is 3.16. The van der Waals surface area contributed by atoms with Gasteiger partial charge in [0, 0.05) is 18.8 Å². The summed E-state index contributed by atoms with van der Waals surface area (Å²) in [6.07, 6.45) is 0.965. The second-order valence-corrected chi connectivity index (χ2v) is 6.44. The van der Waals surface area contributed by atoms with Gasteiger partial charge in [0.05, 0.1) is 17.4 Å². The molecule has 1 amide bonds. The molecule has 1 aliphatic rings. The molecule has 5 nitrogen and oxygen atoms in total. The Labute approximate surface area is 160 Å². The summed E-state index contributed by atoms with van der Waals surface area (Å²) in [7, 11) is 0. The third kappa shape index (κ3) is 3.93. The largest absolute Gasteiger partial charge is 0.387 e. The Morgan fingerprint density at radius 2 is 1.70 bits per heavy atom. The van der Waals surface area contributed by atoms with Crippen molar-refractivity contribution in [3.8, 4) is 0 Å². The van der Waals surface area contributed by atoms with Crippen LogP contribution in [0.1, 0.15) is 26.3 Å². The molecule has 1 aliphatic heterocycles. The highest BCUT2D eigenvalue weighted by atomic mass is 16.3. The average molecular weight is 363 g/mol. The van der Waals surface area contributed by atoms with Gasteiger partial charge in [0.25, 0.3) is 5.91 Å². The lowest BCUT2D eigenvalue weighted by molar-refractivity contribution is -0.114. The first kappa shape index (κ1) is 18.9. The Morgan fingerprint density at radius 3 is 2.26 bits per heavy atom. The topological polar surface area (TPSA) is 56.1 Å². The molecule has 0 aliphatic carbocycles. The summed E-state index contributed by atoms with van der Waals surface area (Å²) < 4.78 is 0. The molecule has 2 aromatic rings. The van der Waals surface area contributed by atoms with E-state index in [0.717, 1.165) is 24.3 Å². The molecule has 0 saturated carbocycles. The highest BCUT2D eigenvalue weighted by molar-refractivity contribution is 6.33. The predicted molar refractivity (Wildman–Crippen MR) is 111 cm³/mol. The van der Waals surface area contributed by atoms with Crippen LogP contribution in [-0.2, 0) is 4.79 Å². The predicted octanol–water partition coefficient (Wildman–Crippen LogP) is 3.70. The summed E-state index contributed by atoms with van der Waals surface area (Å²) in [5.41, 5.74) is 3.54. The standard InChI is InChI=1S/C22H25N3O2/c1-4-24(5-2)18-13-11-17(12-14-18)15-20-21(16(3)26)23-25(22(20)27)19-9-7-6-8-10-19/h6-16,26H,4-5H2,1-3H3/b20-15+. The number of carbonyl (C=O) groups is 1. The number of hydrogen-bond acceptors (Lipinski definition) is 4. The number of hydrogen-bond donors (Lipinski definition) is 1. The maximum absolute atomic E-state index is 12.9. The van der Waals surface area contributed by atoms with E-state index in [2.05, 4.69) is 23.8 Å². The van der Waals surface area contributed by atoms with E-state index in [-0.39, 0.29) is 5.91 Å². The van der Waals surface area contributed by atoms with Crippen LogP contribution < -0.4 is 9.91 Å². The van der Waals surface area contributed by atoms with Crippen LogP contribution in [-0.4, -0.2) is 35.9 Å². The molecule has 0 saturated heterocycles. The van der Waals surface area contributed by atoms with Crippen molar-refractivity contribution in [1.29, 1.82) is 0 Å². The van der Waals surface area contributed by atoms with Crippen molar-refractivity contribution in [3.63, 3.8) is 0 Å². The molecular weight excluding hydrogens is 338 g/mol. The normalized spacial score (nSPS) is 16.6. The minimum atomic E-state index is -0.830. The molecule has 0 bridgehead atoms. The maximum Gasteiger partial charge on any atom is 0.280 e. The van der Waals surface area contributed by atoms with Crippen molar-refractivity contribution in [1.82, 2.24) is 0 Å². The van der Waals surface area contributed by atoms with Gasteiger partial charge < -0.3 is 10.0 Å². The van der Waals surface area contributed by atoms with Gasteiger partial charge in [-0.05, 0) is 56.7 Å². The fraction of sp³-hybridized carbons (Fsp3) is 0.273. The molecule has 0 aromatic heterocycles. The highest BCUT2D eigenvalue weighted by Crippen LogP contribution is 2.26. The van der Waals surface area contributed by atoms with Crippen molar-refractivity contribution in [2.24, 2.45) is 5.10 Å². The summed E-state index contributed by atoms with van der Waals surface area (Å²) in [6, 6.07) is 17.3. The van der Waals surface area contributed by atoms with E-state index >= 15 is 0 Å². The lowest BCUT2D eigenvalue weighted by atomic mass is 10.0. The van der Waals surface area contributed by atoms with E-state index in [4.69, 9.17) is 0 Å². The lowest BCUT2D eigenvalue weighted by Crippen LogP contribution is -2.22. The smallest absolute Gasteiger partial charge is 0.280 e. The average Bonchev–Trinajstić information content (AvgIpc) is 3.01. The molecule has 0 fully saturated rings. The Morgan fingerprint density at radius 1 is 1.07 bits per heavy atom. The molecule has 27 heavy (non-hydrogen) atoms. The van der Waals surface area contributed by atoms with Gasteiger partial charge in [0.1, 0.15) is 5.71 Å². The number of aliphatic hydroxyl groups is 1. The van der Waals surface area contributed by atoms with Crippen molar-refractivity contribution in [3.05, 3.63) is 65.7 Å². The molecule has 1 atom stereocenters. The molecule has 0 spiro atoms. The summed E-state index contributed by atoms with van der Waals surface area (Å²) >= 11 is 0. The zero-order valence-electron chi connectivity index (χ0n) is 16.0. The maximum atomic E-state index is 12.9. The number of carbonyl (C=O) groups excluding carboxylic acids is 1. The summed E-state index contributed by atoms with van der Waals surface area (Å²) in [4.78, 5) is 15.2. The van der Waals surface area contributed by atoms with Crippen molar-refractivity contribution in [2.75, 3.05) is 23.0 Å². The number of hydrazone groups is 1. The van der Waals surface area contributed by atoms with E-state index in [1.54, 1.807) is 13.0 Å². The number of para-hydroxylation sites is 1. The van der Waals surface area contributed by atoms with Gasteiger partial charge >= 0.3 is 0 Å². The van der Waals surface area contributed by atoms with Crippen LogP contribution in [0.3, 0.4) is 0 Å². The van der Waals surface area contributed by atoms with E-state index in [0.29, 0.717) is 17.0 Å². The van der Waals surface area contributed by atoms with E-state index in [9.17, 15) is 9.90 Å². The van der Waals surface area contributed by atoms with Crippen LogP contribution in [0.5, 0.6) is 0 Å². The number of rotatable bonds is 6. The summed E-state index contributed by atoms with van der Waals surface area (Å²) in [6.45, 7) is 7.76. The number of nitrogens with zero attached hydrogens (tertiary/aromatic N) is 3.